The van der Waals surface area contributed by atoms with E-state index in [1.807, 2.05) is 13.8 Å². The number of ketones is 1. The Balaban J connectivity index is 1.63. The number of fused-ring (bicyclic) bond motifs is 5. The van der Waals surface area contributed by atoms with Gasteiger partial charge in [-0.25, -0.2) is 4.79 Å². The molecule has 0 bridgehead atoms. The molecule has 7 N–H and O–H groups in total. The summed E-state index contributed by atoms with van der Waals surface area (Å²) in [6, 6.07) is 0. The lowest BCUT2D eigenvalue weighted by atomic mass is 9.45. The van der Waals surface area contributed by atoms with Crippen molar-refractivity contribution in [3.63, 3.8) is 0 Å². The van der Waals surface area contributed by atoms with Gasteiger partial charge in [0.15, 0.2) is 11.4 Å². The van der Waals surface area contributed by atoms with Gasteiger partial charge in [0.25, 0.3) is 0 Å². The van der Waals surface area contributed by atoms with Gasteiger partial charge >= 0.3 is 5.97 Å². The van der Waals surface area contributed by atoms with Crippen LogP contribution in [0.1, 0.15) is 79.1 Å². The lowest BCUT2D eigenvalue weighted by Gasteiger charge is -2.60. The predicted molar refractivity (Wildman–Crippen MR) is 129 cm³/mol. The normalized spacial score (nSPS) is 46.4. The van der Waals surface area contributed by atoms with Crippen molar-refractivity contribution < 1.29 is 45.3 Å². The maximum atomic E-state index is 13.3. The van der Waals surface area contributed by atoms with Crippen LogP contribution in [0.15, 0.2) is 11.6 Å². The van der Waals surface area contributed by atoms with Gasteiger partial charge in [0.05, 0.1) is 29.5 Å². The Morgan fingerprint density at radius 2 is 1.75 bits per heavy atom. The highest BCUT2D eigenvalue weighted by Gasteiger charge is 2.69. The number of carboxylic acids is 1. The van der Waals surface area contributed by atoms with Crippen LogP contribution in [0, 0.1) is 28.6 Å². The molecule has 0 aromatic rings. The van der Waals surface area contributed by atoms with Crippen LogP contribution < -0.4 is 0 Å². The summed E-state index contributed by atoms with van der Waals surface area (Å²) in [6.07, 6.45) is 0.246. The summed E-state index contributed by atoms with van der Waals surface area (Å²) in [5, 5.41) is 74.6. The number of aliphatic hydroxyl groups is 6. The summed E-state index contributed by atoms with van der Waals surface area (Å²) in [6.45, 7) is 6.50. The van der Waals surface area contributed by atoms with Gasteiger partial charge in [0.1, 0.15) is 0 Å². The summed E-state index contributed by atoms with van der Waals surface area (Å²) in [7, 11) is 0. The molecule has 3 fully saturated rings. The molecule has 9 nitrogen and oxygen atoms in total. The molecule has 204 valence electrons. The molecule has 0 radical (unpaired) electrons. The molecule has 9 heteroatoms. The molecule has 36 heavy (non-hydrogen) atoms. The lowest BCUT2D eigenvalue weighted by Crippen LogP contribution is -2.62. The summed E-state index contributed by atoms with van der Waals surface area (Å²) in [5.74, 6) is -2.68. The van der Waals surface area contributed by atoms with Crippen LogP contribution in [0.2, 0.25) is 0 Å². The molecular weight excluding hydrogens is 468 g/mol. The molecule has 0 amide bonds. The summed E-state index contributed by atoms with van der Waals surface area (Å²) in [4.78, 5) is 24.5. The van der Waals surface area contributed by atoms with Crippen molar-refractivity contribution in [3.05, 3.63) is 11.6 Å². The number of aliphatic carboxylic acids is 1. The first-order chi connectivity index (χ1) is 16.4. The summed E-state index contributed by atoms with van der Waals surface area (Å²) in [5.41, 5.74) is -5.92. The second-order valence-electron chi connectivity index (χ2n) is 13.0. The SMILES string of the molecule is CC(O)(CC[C@@H](O)[C@](C)(O)[C@H]1CC[C@@]2(O)C3=CC(=O)[C@@H]4C[C@@H](O)[C@@H](O)C[C@]4(C)[C@H]3CC[C@]12C)C(=O)O. The highest BCUT2D eigenvalue weighted by Crippen LogP contribution is 2.68. The van der Waals surface area contributed by atoms with E-state index < -0.39 is 63.8 Å². The number of carboxylic acid groups (broad SMARTS) is 1. The smallest absolute Gasteiger partial charge is 0.335 e. The molecule has 0 aliphatic heterocycles. The van der Waals surface area contributed by atoms with Crippen molar-refractivity contribution in [2.75, 3.05) is 0 Å². The first-order valence-corrected chi connectivity index (χ1v) is 13.1. The van der Waals surface area contributed by atoms with E-state index in [4.69, 9.17) is 0 Å². The molecule has 1 unspecified atom stereocenters. The number of carbonyl (C=O) groups excluding carboxylic acids is 1. The number of hydrogen-bond acceptors (Lipinski definition) is 8. The van der Waals surface area contributed by atoms with Crippen molar-refractivity contribution in [2.24, 2.45) is 28.6 Å². The summed E-state index contributed by atoms with van der Waals surface area (Å²) < 4.78 is 0. The van der Waals surface area contributed by atoms with E-state index in [-0.39, 0.29) is 37.4 Å². The van der Waals surface area contributed by atoms with Gasteiger partial charge in [-0.05, 0) is 94.1 Å². The van der Waals surface area contributed by atoms with Crippen LogP contribution in [-0.2, 0) is 9.59 Å². The Kier molecular flexibility index (Phi) is 6.59. The van der Waals surface area contributed by atoms with Gasteiger partial charge in [0, 0.05) is 11.3 Å². The van der Waals surface area contributed by atoms with Crippen LogP contribution >= 0.6 is 0 Å². The molecule has 11 atom stereocenters. The standard InChI is InChI=1S/C27H42O9/c1-23-13-19(30)18(29)12-16(23)17(28)11-15-14(23)5-8-24(2)20(6-10-27(15,24)36)26(4,35)21(31)7-9-25(3,34)22(32)33/h11,14,16,18-21,29-31,34-36H,5-10,12-13H2,1-4H3,(H,32,33)/t14-,16-,18+,19-,20-,21+,23+,24+,25?,26+,27+/m0/s1. The largest absolute Gasteiger partial charge is 0.479 e. The second kappa shape index (κ2) is 8.58. The monoisotopic (exact) mass is 510 g/mol. The van der Waals surface area contributed by atoms with Crippen molar-refractivity contribution in [2.45, 2.75) is 114 Å². The second-order valence-corrected chi connectivity index (χ2v) is 13.0. The molecular formula is C27H42O9. The number of rotatable bonds is 6. The Morgan fingerprint density at radius 1 is 1.11 bits per heavy atom. The third kappa shape index (κ3) is 3.81. The Bertz CT molecular complexity index is 957. The number of hydrogen-bond donors (Lipinski definition) is 7. The van der Waals surface area contributed by atoms with E-state index in [0.717, 1.165) is 6.92 Å². The number of aliphatic hydroxyl groups excluding tert-OH is 3. The van der Waals surface area contributed by atoms with Crippen molar-refractivity contribution in [1.82, 2.24) is 0 Å². The van der Waals surface area contributed by atoms with Crippen LogP contribution in [0.25, 0.3) is 0 Å². The molecule has 0 aromatic carbocycles. The van der Waals surface area contributed by atoms with Gasteiger partial charge in [0.2, 0.25) is 0 Å². The Hall–Kier alpha value is -1.36. The highest BCUT2D eigenvalue weighted by atomic mass is 16.4. The van der Waals surface area contributed by atoms with Crippen LogP contribution in [-0.4, -0.2) is 82.6 Å². The minimum atomic E-state index is -2.03. The first-order valence-electron chi connectivity index (χ1n) is 13.1. The fraction of sp³-hybridized carbons (Fsp3) is 0.852. The maximum Gasteiger partial charge on any atom is 0.335 e. The quantitative estimate of drug-likeness (QED) is 0.274. The third-order valence-corrected chi connectivity index (χ3v) is 10.9. The van der Waals surface area contributed by atoms with Gasteiger partial charge in [-0.1, -0.05) is 13.8 Å². The van der Waals surface area contributed by atoms with Crippen LogP contribution in [0.4, 0.5) is 0 Å². The van der Waals surface area contributed by atoms with E-state index in [2.05, 4.69) is 0 Å². The fourth-order valence-electron chi connectivity index (χ4n) is 8.36. The van der Waals surface area contributed by atoms with Crippen molar-refractivity contribution >= 4 is 11.8 Å². The average molecular weight is 511 g/mol. The topological polar surface area (TPSA) is 176 Å². The highest BCUT2D eigenvalue weighted by molar-refractivity contribution is 5.95. The van der Waals surface area contributed by atoms with Crippen LogP contribution in [0.3, 0.4) is 0 Å². The average Bonchev–Trinajstić information content (AvgIpc) is 3.06. The zero-order chi connectivity index (χ0) is 27.1. The molecule has 0 aromatic heterocycles. The van der Waals surface area contributed by atoms with Gasteiger partial charge in [-0.2, -0.15) is 0 Å². The molecule has 0 spiro atoms. The predicted octanol–water partition coefficient (Wildman–Crippen LogP) is 0.919. The van der Waals surface area contributed by atoms with Gasteiger partial charge in [-0.3, -0.25) is 4.79 Å². The third-order valence-electron chi connectivity index (χ3n) is 10.9. The maximum absolute atomic E-state index is 13.3. The minimum absolute atomic E-state index is 0.138. The summed E-state index contributed by atoms with van der Waals surface area (Å²) >= 11 is 0. The first kappa shape index (κ1) is 27.7. The molecule has 4 rings (SSSR count). The Labute approximate surface area is 211 Å². The zero-order valence-corrected chi connectivity index (χ0v) is 21.6. The van der Waals surface area contributed by atoms with Crippen molar-refractivity contribution in [3.8, 4) is 0 Å². The molecule has 0 heterocycles. The van der Waals surface area contributed by atoms with Crippen LogP contribution in [0.5, 0.6) is 0 Å². The number of allylic oxidation sites excluding steroid dienone is 1. The zero-order valence-electron chi connectivity index (χ0n) is 21.6. The minimum Gasteiger partial charge on any atom is -0.479 e. The molecule has 3 saturated carbocycles. The van der Waals surface area contributed by atoms with E-state index in [9.17, 15) is 45.3 Å². The van der Waals surface area contributed by atoms with E-state index in [0.29, 0.717) is 31.3 Å². The number of carbonyl (C=O) groups is 2. The Morgan fingerprint density at radius 3 is 2.36 bits per heavy atom. The van der Waals surface area contributed by atoms with E-state index >= 15 is 0 Å². The molecule has 0 saturated heterocycles. The fourth-order valence-corrected chi connectivity index (χ4v) is 8.36. The van der Waals surface area contributed by atoms with Crippen molar-refractivity contribution in [1.29, 1.82) is 0 Å². The molecule has 4 aliphatic rings. The van der Waals surface area contributed by atoms with Gasteiger partial charge in [-0.15, -0.1) is 0 Å². The van der Waals surface area contributed by atoms with E-state index in [1.54, 1.807) is 0 Å². The molecule has 4 aliphatic carbocycles. The van der Waals surface area contributed by atoms with E-state index in [1.165, 1.54) is 13.0 Å². The lowest BCUT2D eigenvalue weighted by molar-refractivity contribution is -0.178. The van der Waals surface area contributed by atoms with Gasteiger partial charge < -0.3 is 35.7 Å².